The van der Waals surface area contributed by atoms with Crippen molar-refractivity contribution >= 4 is 24.1 Å². The summed E-state index contributed by atoms with van der Waals surface area (Å²) in [7, 11) is 2.10. The summed E-state index contributed by atoms with van der Waals surface area (Å²) in [6.07, 6.45) is 2.67. The predicted octanol–water partition coefficient (Wildman–Crippen LogP) is 1.36. The molecule has 1 fully saturated rings. The Morgan fingerprint density at radius 2 is 1.88 bits per heavy atom. The lowest BCUT2D eigenvalue weighted by atomic mass is 10.4. The first-order chi connectivity index (χ1) is 8.33. The van der Waals surface area contributed by atoms with Crippen molar-refractivity contribution in [2.24, 2.45) is 0 Å². The molecule has 1 aliphatic heterocycles. The summed E-state index contributed by atoms with van der Waals surface area (Å²) in [6, 6.07) is 0. The van der Waals surface area contributed by atoms with E-state index in [1.54, 1.807) is 0 Å². The van der Waals surface area contributed by atoms with Crippen LogP contribution in [0.5, 0.6) is 0 Å². The van der Waals surface area contributed by atoms with E-state index in [-0.39, 0.29) is 0 Å². The molecule has 0 bridgehead atoms. The molecule has 0 aliphatic carbocycles. The fourth-order valence-electron chi connectivity index (χ4n) is 1.22. The van der Waals surface area contributed by atoms with Crippen LogP contribution in [0.25, 0.3) is 0 Å². The monoisotopic (exact) mass is 284 g/mol. The van der Waals surface area contributed by atoms with E-state index in [0.717, 1.165) is 38.4 Å². The maximum Gasteiger partial charge on any atom is 0.0843 e. The Labute approximate surface area is 111 Å². The lowest BCUT2D eigenvalue weighted by Gasteiger charge is -2.29. The van der Waals surface area contributed by atoms with Crippen LogP contribution < -0.4 is 0 Å². The summed E-state index contributed by atoms with van der Waals surface area (Å²) in [5.74, 6) is 0.811. The molecule has 6 nitrogen and oxygen atoms in total. The molecule has 0 atom stereocenters. The highest BCUT2D eigenvalue weighted by Gasteiger charge is 2.14. The third-order valence-electron chi connectivity index (χ3n) is 2.22. The molecule has 0 unspecified atom stereocenters. The first kappa shape index (κ1) is 15.5. The summed E-state index contributed by atoms with van der Waals surface area (Å²) in [4.78, 5) is 12.2. The minimum atomic E-state index is 0.561. The van der Waals surface area contributed by atoms with E-state index in [0.29, 0.717) is 6.61 Å². The topological polar surface area (TPSA) is 43.4 Å². The van der Waals surface area contributed by atoms with Crippen LogP contribution in [0.3, 0.4) is 0 Å². The number of likely N-dealkylation sites (N-methyl/N-ethyl adjacent to an activating group) is 1. The highest BCUT2D eigenvalue weighted by atomic mass is 32.2. The van der Waals surface area contributed by atoms with E-state index in [9.17, 15) is 0 Å². The molecule has 0 amide bonds. The van der Waals surface area contributed by atoms with Crippen LogP contribution in [0.1, 0.15) is 6.42 Å². The maximum atomic E-state index is 5.15. The Morgan fingerprint density at radius 3 is 2.59 bits per heavy atom. The van der Waals surface area contributed by atoms with Crippen molar-refractivity contribution in [1.82, 2.24) is 9.96 Å². The van der Waals surface area contributed by atoms with E-state index >= 15 is 0 Å². The fraction of sp³-hybridized carbons (Fsp3) is 1.00. The lowest BCUT2D eigenvalue weighted by Crippen LogP contribution is -2.43. The highest BCUT2D eigenvalue weighted by molar-refractivity contribution is 7.94. The van der Waals surface area contributed by atoms with Crippen LogP contribution >= 0.6 is 24.1 Å². The van der Waals surface area contributed by atoms with Crippen LogP contribution in [-0.2, 0) is 18.5 Å². The number of nitrogens with zero attached hydrogens (tertiary/aromatic N) is 2. The smallest absolute Gasteiger partial charge is 0.0843 e. The van der Waals surface area contributed by atoms with Crippen molar-refractivity contribution in [2.75, 3.05) is 51.8 Å². The molecule has 17 heavy (non-hydrogen) atoms. The SMILES string of the molecule is CSOOCCCSOON1CCN(C)CC1. The van der Waals surface area contributed by atoms with Crippen molar-refractivity contribution in [3.63, 3.8) is 0 Å². The van der Waals surface area contributed by atoms with Gasteiger partial charge in [0.15, 0.2) is 0 Å². The molecule has 0 radical (unpaired) electrons. The quantitative estimate of drug-likeness (QED) is 0.272. The van der Waals surface area contributed by atoms with Gasteiger partial charge in [-0.1, -0.05) is 0 Å². The molecule has 0 saturated carbocycles. The van der Waals surface area contributed by atoms with Crippen molar-refractivity contribution in [3.05, 3.63) is 0 Å². The Hall–Kier alpha value is 0.460. The van der Waals surface area contributed by atoms with Gasteiger partial charge in [-0.2, -0.15) is 9.40 Å². The summed E-state index contributed by atoms with van der Waals surface area (Å²) in [5, 5.41) is 1.83. The predicted molar refractivity (Wildman–Crippen MR) is 68.9 cm³/mol. The van der Waals surface area contributed by atoms with Gasteiger partial charge in [-0.25, -0.2) is 4.89 Å². The molecule has 1 heterocycles. The van der Waals surface area contributed by atoms with Gasteiger partial charge in [-0.3, -0.25) is 0 Å². The van der Waals surface area contributed by atoms with Crippen LogP contribution in [0, 0.1) is 0 Å². The van der Waals surface area contributed by atoms with Gasteiger partial charge >= 0.3 is 0 Å². The summed E-state index contributed by atoms with van der Waals surface area (Å²) in [5.41, 5.74) is 0. The second kappa shape index (κ2) is 10.4. The Kier molecular flexibility index (Phi) is 9.48. The third kappa shape index (κ3) is 8.22. The van der Waals surface area contributed by atoms with E-state index in [2.05, 4.69) is 16.3 Å². The Balaban J connectivity index is 1.81. The van der Waals surface area contributed by atoms with E-state index in [4.69, 9.17) is 14.2 Å². The maximum absolute atomic E-state index is 5.15. The van der Waals surface area contributed by atoms with E-state index in [1.165, 1.54) is 24.1 Å². The molecule has 102 valence electrons. The fourth-order valence-corrected chi connectivity index (χ4v) is 1.82. The van der Waals surface area contributed by atoms with Crippen LogP contribution in [0.2, 0.25) is 0 Å². The first-order valence-corrected chi connectivity index (χ1v) is 7.61. The minimum Gasteiger partial charge on any atom is -0.304 e. The zero-order chi connectivity index (χ0) is 12.3. The van der Waals surface area contributed by atoms with Gasteiger partial charge in [0.05, 0.1) is 6.61 Å². The Morgan fingerprint density at radius 1 is 1.12 bits per heavy atom. The van der Waals surface area contributed by atoms with Crippen molar-refractivity contribution in [3.8, 4) is 0 Å². The average molecular weight is 284 g/mol. The van der Waals surface area contributed by atoms with Gasteiger partial charge < -0.3 is 4.90 Å². The number of hydrogen-bond donors (Lipinski definition) is 0. The molecule has 1 saturated heterocycles. The van der Waals surface area contributed by atoms with Crippen LogP contribution in [-0.4, -0.2) is 61.8 Å². The molecule has 0 N–H and O–H groups in total. The molecule has 0 spiro atoms. The largest absolute Gasteiger partial charge is 0.304 e. The average Bonchev–Trinajstić information content (AvgIpc) is 2.35. The lowest BCUT2D eigenvalue weighted by molar-refractivity contribution is -0.365. The molecular weight excluding hydrogens is 264 g/mol. The highest BCUT2D eigenvalue weighted by Crippen LogP contribution is 2.09. The van der Waals surface area contributed by atoms with Crippen molar-refractivity contribution in [2.45, 2.75) is 6.42 Å². The summed E-state index contributed by atoms with van der Waals surface area (Å²) < 4.78 is 9.71. The number of piperazine rings is 1. The summed E-state index contributed by atoms with van der Waals surface area (Å²) >= 11 is 2.48. The standard InChI is InChI=1S/C9H20N2O4S2/c1-10-4-6-11(7-5-10)13-15-17-9-3-8-12-14-16-2/h3-9H2,1-2H3. The number of rotatable bonds is 9. The van der Waals surface area contributed by atoms with Crippen LogP contribution in [0.15, 0.2) is 0 Å². The van der Waals surface area contributed by atoms with Crippen LogP contribution in [0.4, 0.5) is 0 Å². The van der Waals surface area contributed by atoms with Gasteiger partial charge in [-0.15, -0.1) is 9.32 Å². The number of hydrogen-bond acceptors (Lipinski definition) is 8. The molecule has 1 aliphatic rings. The molecule has 0 aromatic heterocycles. The van der Waals surface area contributed by atoms with Crippen molar-refractivity contribution < 1.29 is 18.5 Å². The van der Waals surface area contributed by atoms with Gasteiger partial charge in [0, 0.05) is 62.3 Å². The number of hydroxylamine groups is 2. The molecule has 0 aromatic rings. The summed E-state index contributed by atoms with van der Waals surface area (Å²) in [6.45, 7) is 4.33. The van der Waals surface area contributed by atoms with E-state index < -0.39 is 0 Å². The third-order valence-corrected chi connectivity index (χ3v) is 3.06. The molecule has 1 rings (SSSR count). The minimum absolute atomic E-state index is 0.561. The molecule has 0 aromatic carbocycles. The molecule has 8 heteroatoms. The molecular formula is C9H20N2O4S2. The normalized spacial score (nSPS) is 18.7. The van der Waals surface area contributed by atoms with Gasteiger partial charge in [0.1, 0.15) is 0 Å². The van der Waals surface area contributed by atoms with E-state index in [1.807, 2.05) is 11.3 Å². The second-order valence-corrected chi connectivity index (χ2v) is 4.86. The van der Waals surface area contributed by atoms with Gasteiger partial charge in [0.2, 0.25) is 0 Å². The second-order valence-electron chi connectivity index (χ2n) is 3.61. The van der Waals surface area contributed by atoms with Gasteiger partial charge in [-0.05, 0) is 13.5 Å². The zero-order valence-corrected chi connectivity index (χ0v) is 11.9. The zero-order valence-electron chi connectivity index (χ0n) is 10.3. The first-order valence-electron chi connectivity index (χ1n) is 5.55. The Bertz CT molecular complexity index is 182. The van der Waals surface area contributed by atoms with Gasteiger partial charge in [0.25, 0.3) is 0 Å². The van der Waals surface area contributed by atoms with Crippen molar-refractivity contribution in [1.29, 1.82) is 0 Å².